The zero-order chi connectivity index (χ0) is 17.8. The van der Waals surface area contributed by atoms with Crippen molar-refractivity contribution in [2.45, 2.75) is 31.6 Å². The predicted octanol–water partition coefficient (Wildman–Crippen LogP) is 3.41. The third-order valence-electron chi connectivity index (χ3n) is 5.44. The SMILES string of the molecule is COc1ccc(C(c2cccnc2)C2CCNCC2)nc1OCC1CC1. The first-order valence-corrected chi connectivity index (χ1v) is 9.63. The molecular weight excluding hydrogens is 326 g/mol. The molecule has 4 rings (SSSR count). The monoisotopic (exact) mass is 353 g/mol. The number of hydrogen-bond acceptors (Lipinski definition) is 5. The van der Waals surface area contributed by atoms with Crippen LogP contribution >= 0.6 is 0 Å². The Labute approximate surface area is 155 Å². The van der Waals surface area contributed by atoms with Crippen LogP contribution in [0, 0.1) is 11.8 Å². The number of ether oxygens (including phenoxy) is 2. The second-order valence-electron chi connectivity index (χ2n) is 7.35. The first-order valence-electron chi connectivity index (χ1n) is 9.63. The molecule has 26 heavy (non-hydrogen) atoms. The normalized spacial score (nSPS) is 19.1. The molecule has 2 aliphatic rings. The molecule has 0 bridgehead atoms. The second-order valence-corrected chi connectivity index (χ2v) is 7.35. The molecular formula is C21H27N3O2. The zero-order valence-corrected chi connectivity index (χ0v) is 15.4. The van der Waals surface area contributed by atoms with E-state index in [-0.39, 0.29) is 5.92 Å². The summed E-state index contributed by atoms with van der Waals surface area (Å²) >= 11 is 0. The highest BCUT2D eigenvalue weighted by atomic mass is 16.5. The molecule has 5 nitrogen and oxygen atoms in total. The summed E-state index contributed by atoms with van der Waals surface area (Å²) in [4.78, 5) is 9.25. The smallest absolute Gasteiger partial charge is 0.257 e. The molecule has 2 aromatic rings. The van der Waals surface area contributed by atoms with E-state index in [0.717, 1.165) is 38.2 Å². The van der Waals surface area contributed by atoms with Crippen LogP contribution in [0.1, 0.15) is 42.9 Å². The maximum absolute atomic E-state index is 6.00. The van der Waals surface area contributed by atoms with Crippen LogP contribution in [-0.4, -0.2) is 36.8 Å². The average Bonchev–Trinajstić information content (AvgIpc) is 3.53. The molecule has 1 N–H and O–H groups in total. The van der Waals surface area contributed by atoms with Gasteiger partial charge in [-0.15, -0.1) is 0 Å². The number of aromatic nitrogens is 2. The third-order valence-corrected chi connectivity index (χ3v) is 5.44. The van der Waals surface area contributed by atoms with E-state index in [0.29, 0.717) is 23.5 Å². The number of pyridine rings is 2. The largest absolute Gasteiger partial charge is 0.491 e. The minimum absolute atomic E-state index is 0.236. The minimum Gasteiger partial charge on any atom is -0.491 e. The number of nitrogens with one attached hydrogen (secondary N) is 1. The quantitative estimate of drug-likeness (QED) is 0.827. The molecule has 1 atom stereocenters. The summed E-state index contributed by atoms with van der Waals surface area (Å²) in [6, 6.07) is 8.26. The van der Waals surface area contributed by atoms with E-state index in [1.807, 2.05) is 24.5 Å². The number of methoxy groups -OCH3 is 1. The lowest BCUT2D eigenvalue weighted by molar-refractivity contribution is 0.266. The Morgan fingerprint density at radius 3 is 2.69 bits per heavy atom. The van der Waals surface area contributed by atoms with Gasteiger partial charge in [0.25, 0.3) is 5.88 Å². The summed E-state index contributed by atoms with van der Waals surface area (Å²) < 4.78 is 11.5. The van der Waals surface area contributed by atoms with Crippen molar-refractivity contribution >= 4 is 0 Å². The number of piperidine rings is 1. The summed E-state index contributed by atoms with van der Waals surface area (Å²) in [5.41, 5.74) is 2.28. The highest BCUT2D eigenvalue weighted by Gasteiger charge is 2.29. The zero-order valence-electron chi connectivity index (χ0n) is 15.4. The summed E-state index contributed by atoms with van der Waals surface area (Å²) in [7, 11) is 1.67. The summed E-state index contributed by atoms with van der Waals surface area (Å²) in [5, 5.41) is 3.46. The summed E-state index contributed by atoms with van der Waals surface area (Å²) in [5.74, 6) is 2.81. The van der Waals surface area contributed by atoms with Gasteiger partial charge >= 0.3 is 0 Å². The molecule has 1 aliphatic carbocycles. The van der Waals surface area contributed by atoms with E-state index >= 15 is 0 Å². The maximum Gasteiger partial charge on any atom is 0.257 e. The lowest BCUT2D eigenvalue weighted by Gasteiger charge is -2.31. The van der Waals surface area contributed by atoms with Gasteiger partial charge in [0.2, 0.25) is 0 Å². The van der Waals surface area contributed by atoms with E-state index in [1.54, 1.807) is 7.11 Å². The van der Waals surface area contributed by atoms with Crippen LogP contribution in [0.5, 0.6) is 11.6 Å². The fourth-order valence-electron chi connectivity index (χ4n) is 3.78. The van der Waals surface area contributed by atoms with Crippen molar-refractivity contribution in [1.82, 2.24) is 15.3 Å². The first kappa shape index (κ1) is 17.3. The van der Waals surface area contributed by atoms with Gasteiger partial charge < -0.3 is 14.8 Å². The van der Waals surface area contributed by atoms with Gasteiger partial charge in [-0.1, -0.05) is 6.07 Å². The fraction of sp³-hybridized carbons (Fsp3) is 0.524. The van der Waals surface area contributed by atoms with Crippen molar-refractivity contribution in [3.8, 4) is 11.6 Å². The number of hydrogen-bond donors (Lipinski definition) is 1. The van der Waals surface area contributed by atoms with Gasteiger partial charge in [-0.3, -0.25) is 4.98 Å². The topological polar surface area (TPSA) is 56.3 Å². The van der Waals surface area contributed by atoms with E-state index in [1.165, 1.54) is 18.4 Å². The van der Waals surface area contributed by atoms with E-state index in [9.17, 15) is 0 Å². The Morgan fingerprint density at radius 2 is 2.00 bits per heavy atom. The van der Waals surface area contributed by atoms with Crippen molar-refractivity contribution in [3.63, 3.8) is 0 Å². The van der Waals surface area contributed by atoms with Gasteiger partial charge in [-0.25, -0.2) is 4.98 Å². The number of nitrogens with zero attached hydrogens (tertiary/aromatic N) is 2. The van der Waals surface area contributed by atoms with Crippen molar-refractivity contribution in [1.29, 1.82) is 0 Å². The van der Waals surface area contributed by atoms with E-state index < -0.39 is 0 Å². The van der Waals surface area contributed by atoms with Crippen molar-refractivity contribution in [3.05, 3.63) is 47.9 Å². The lowest BCUT2D eigenvalue weighted by atomic mass is 9.79. The predicted molar refractivity (Wildman–Crippen MR) is 101 cm³/mol. The van der Waals surface area contributed by atoms with Gasteiger partial charge in [-0.2, -0.15) is 0 Å². The van der Waals surface area contributed by atoms with E-state index in [4.69, 9.17) is 14.5 Å². The molecule has 0 spiro atoms. The molecule has 1 saturated carbocycles. The second kappa shape index (κ2) is 8.04. The number of rotatable bonds is 7. The molecule has 5 heteroatoms. The Kier molecular flexibility index (Phi) is 5.34. The Hall–Kier alpha value is -2.14. The van der Waals surface area contributed by atoms with Gasteiger partial charge in [0, 0.05) is 18.3 Å². The Bertz CT molecular complexity index is 712. The lowest BCUT2D eigenvalue weighted by Crippen LogP contribution is -2.31. The molecule has 1 aliphatic heterocycles. The van der Waals surface area contributed by atoms with Crippen LogP contribution in [0.15, 0.2) is 36.7 Å². The molecule has 138 valence electrons. The van der Waals surface area contributed by atoms with Crippen LogP contribution in [0.3, 0.4) is 0 Å². The summed E-state index contributed by atoms with van der Waals surface area (Å²) in [6.45, 7) is 2.85. The van der Waals surface area contributed by atoms with Crippen molar-refractivity contribution in [2.24, 2.45) is 11.8 Å². The molecule has 0 aromatic carbocycles. The van der Waals surface area contributed by atoms with Crippen LogP contribution in [-0.2, 0) is 0 Å². The molecule has 1 saturated heterocycles. The average molecular weight is 353 g/mol. The van der Waals surface area contributed by atoms with Gasteiger partial charge in [0.05, 0.1) is 19.4 Å². The molecule has 0 radical (unpaired) electrons. The Morgan fingerprint density at radius 1 is 1.15 bits per heavy atom. The molecule has 2 aromatic heterocycles. The van der Waals surface area contributed by atoms with Crippen LogP contribution < -0.4 is 14.8 Å². The van der Waals surface area contributed by atoms with E-state index in [2.05, 4.69) is 22.4 Å². The minimum atomic E-state index is 0.236. The molecule has 2 fully saturated rings. The van der Waals surface area contributed by atoms with Crippen molar-refractivity contribution < 1.29 is 9.47 Å². The van der Waals surface area contributed by atoms with Gasteiger partial charge in [-0.05, 0) is 74.4 Å². The standard InChI is InChI=1S/C21H27N3O2/c1-25-19-7-6-18(24-21(19)26-14-15-4-5-15)20(16-8-11-22-12-9-16)17-3-2-10-23-13-17/h2-3,6-7,10,13,15-16,20,22H,4-5,8-9,11-12,14H2,1H3. The van der Waals surface area contributed by atoms with Gasteiger partial charge in [0.1, 0.15) is 0 Å². The third kappa shape index (κ3) is 3.98. The summed E-state index contributed by atoms with van der Waals surface area (Å²) in [6.07, 6.45) is 8.61. The highest BCUT2D eigenvalue weighted by molar-refractivity contribution is 5.38. The highest BCUT2D eigenvalue weighted by Crippen LogP contribution is 2.38. The first-order chi connectivity index (χ1) is 12.8. The fourth-order valence-corrected chi connectivity index (χ4v) is 3.78. The van der Waals surface area contributed by atoms with Crippen LogP contribution in [0.25, 0.3) is 0 Å². The maximum atomic E-state index is 6.00. The van der Waals surface area contributed by atoms with Gasteiger partial charge in [0.15, 0.2) is 5.75 Å². The van der Waals surface area contributed by atoms with Crippen LogP contribution in [0.2, 0.25) is 0 Å². The van der Waals surface area contributed by atoms with Crippen molar-refractivity contribution in [2.75, 3.05) is 26.8 Å². The molecule has 3 heterocycles. The Balaban J connectivity index is 1.66. The molecule has 0 amide bonds. The molecule has 1 unspecified atom stereocenters. The van der Waals surface area contributed by atoms with Crippen LogP contribution in [0.4, 0.5) is 0 Å².